The van der Waals surface area contributed by atoms with Crippen LogP contribution in [0.1, 0.15) is 51.1 Å². The fraction of sp³-hybridized carbons (Fsp3) is 0.625. The maximum absolute atomic E-state index is 5.19. The summed E-state index contributed by atoms with van der Waals surface area (Å²) in [5, 5.41) is 3.76. The summed E-state index contributed by atoms with van der Waals surface area (Å²) in [4.78, 5) is 0. The molecule has 2 heteroatoms. The Hall–Kier alpha value is -1.02. The minimum atomic E-state index is 0.427. The van der Waals surface area contributed by atoms with E-state index in [1.54, 1.807) is 7.11 Å². The molecule has 1 fully saturated rings. The highest BCUT2D eigenvalue weighted by Crippen LogP contribution is 2.29. The molecular weight excluding hydrogens is 222 g/mol. The van der Waals surface area contributed by atoms with E-state index in [2.05, 4.69) is 31.3 Å². The van der Waals surface area contributed by atoms with E-state index in [4.69, 9.17) is 4.74 Å². The molecule has 1 aromatic carbocycles. The van der Waals surface area contributed by atoms with Crippen molar-refractivity contribution in [1.82, 2.24) is 5.32 Å². The van der Waals surface area contributed by atoms with Crippen molar-refractivity contribution in [3.8, 4) is 5.75 Å². The summed E-state index contributed by atoms with van der Waals surface area (Å²) in [6.07, 6.45) is 5.40. The van der Waals surface area contributed by atoms with Gasteiger partial charge < -0.3 is 10.1 Å². The summed E-state index contributed by atoms with van der Waals surface area (Å²) in [7, 11) is 1.71. The van der Waals surface area contributed by atoms with Gasteiger partial charge in [0, 0.05) is 12.1 Å². The second-order valence-corrected chi connectivity index (χ2v) is 5.45. The molecule has 0 spiro atoms. The van der Waals surface area contributed by atoms with Crippen molar-refractivity contribution in [2.75, 3.05) is 7.11 Å². The smallest absolute Gasteiger partial charge is 0.118 e. The maximum atomic E-state index is 5.19. The van der Waals surface area contributed by atoms with Gasteiger partial charge in [0.2, 0.25) is 0 Å². The van der Waals surface area contributed by atoms with Crippen LogP contribution in [0.4, 0.5) is 0 Å². The molecule has 1 aromatic rings. The standard InChI is InChI=1S/C16H25NO/c1-4-13-5-8-15(11-13)17-12(2)14-6-9-16(18-3)10-7-14/h6-7,9-10,12-13,15,17H,4-5,8,11H2,1-3H3/t12-,13?,15?/m1/s1. The van der Waals surface area contributed by atoms with Gasteiger partial charge >= 0.3 is 0 Å². The van der Waals surface area contributed by atoms with Crippen LogP contribution in [0, 0.1) is 5.92 Å². The molecule has 0 aromatic heterocycles. The molecule has 1 aliphatic carbocycles. The minimum Gasteiger partial charge on any atom is -0.497 e. The predicted molar refractivity (Wildman–Crippen MR) is 76.0 cm³/mol. The highest BCUT2D eigenvalue weighted by Gasteiger charge is 2.24. The van der Waals surface area contributed by atoms with Crippen LogP contribution < -0.4 is 10.1 Å². The molecule has 0 saturated heterocycles. The van der Waals surface area contributed by atoms with E-state index in [1.165, 1.54) is 31.2 Å². The highest BCUT2D eigenvalue weighted by atomic mass is 16.5. The SMILES string of the molecule is CCC1CCC(N[C@H](C)c2ccc(OC)cc2)C1. The second kappa shape index (κ2) is 6.24. The number of benzene rings is 1. The molecule has 0 amide bonds. The normalized spacial score (nSPS) is 25.1. The predicted octanol–water partition coefficient (Wildman–Crippen LogP) is 3.92. The van der Waals surface area contributed by atoms with Gasteiger partial charge in [0.05, 0.1) is 7.11 Å². The molecule has 1 aliphatic rings. The molecule has 18 heavy (non-hydrogen) atoms. The van der Waals surface area contributed by atoms with Gasteiger partial charge in [-0.15, -0.1) is 0 Å². The average molecular weight is 247 g/mol. The number of nitrogens with one attached hydrogen (secondary N) is 1. The zero-order valence-electron chi connectivity index (χ0n) is 11.8. The molecule has 0 bridgehead atoms. The first-order valence-electron chi connectivity index (χ1n) is 7.13. The number of hydrogen-bond donors (Lipinski definition) is 1. The minimum absolute atomic E-state index is 0.427. The van der Waals surface area contributed by atoms with Crippen molar-refractivity contribution in [1.29, 1.82) is 0 Å². The largest absolute Gasteiger partial charge is 0.497 e. The average Bonchev–Trinajstić information content (AvgIpc) is 2.86. The Balaban J connectivity index is 1.89. The Morgan fingerprint density at radius 3 is 2.56 bits per heavy atom. The molecule has 100 valence electrons. The van der Waals surface area contributed by atoms with Crippen molar-refractivity contribution in [2.24, 2.45) is 5.92 Å². The molecule has 1 saturated carbocycles. The van der Waals surface area contributed by atoms with Crippen LogP contribution in [0.5, 0.6) is 5.75 Å². The van der Waals surface area contributed by atoms with Gasteiger partial charge in [-0.2, -0.15) is 0 Å². The van der Waals surface area contributed by atoms with E-state index in [0.29, 0.717) is 12.1 Å². The van der Waals surface area contributed by atoms with E-state index in [0.717, 1.165) is 11.7 Å². The zero-order valence-corrected chi connectivity index (χ0v) is 11.8. The van der Waals surface area contributed by atoms with Gasteiger partial charge in [-0.25, -0.2) is 0 Å². The second-order valence-electron chi connectivity index (χ2n) is 5.45. The molecule has 2 rings (SSSR count). The molecule has 0 aliphatic heterocycles. The van der Waals surface area contributed by atoms with Crippen molar-refractivity contribution in [2.45, 2.75) is 51.6 Å². The fourth-order valence-electron chi connectivity index (χ4n) is 2.94. The zero-order chi connectivity index (χ0) is 13.0. The van der Waals surface area contributed by atoms with Gasteiger partial charge in [0.25, 0.3) is 0 Å². The molecule has 1 N–H and O–H groups in total. The van der Waals surface area contributed by atoms with E-state index < -0.39 is 0 Å². The third kappa shape index (κ3) is 3.26. The van der Waals surface area contributed by atoms with E-state index in [1.807, 2.05) is 12.1 Å². The summed E-state index contributed by atoms with van der Waals surface area (Å²) < 4.78 is 5.19. The first kappa shape index (κ1) is 13.4. The monoisotopic (exact) mass is 247 g/mol. The lowest BCUT2D eigenvalue weighted by Crippen LogP contribution is -2.29. The van der Waals surface area contributed by atoms with Crippen molar-refractivity contribution in [3.05, 3.63) is 29.8 Å². The van der Waals surface area contributed by atoms with Crippen molar-refractivity contribution >= 4 is 0 Å². The van der Waals surface area contributed by atoms with Crippen LogP contribution in [0.25, 0.3) is 0 Å². The Bertz CT molecular complexity index is 360. The maximum Gasteiger partial charge on any atom is 0.118 e. The molecule has 0 radical (unpaired) electrons. The third-order valence-corrected chi connectivity index (χ3v) is 4.22. The summed E-state index contributed by atoms with van der Waals surface area (Å²) in [5.74, 6) is 1.86. The van der Waals surface area contributed by atoms with Gasteiger partial charge in [0.15, 0.2) is 0 Å². The lowest BCUT2D eigenvalue weighted by atomic mass is 10.0. The Labute approximate surface area is 111 Å². The fourth-order valence-corrected chi connectivity index (χ4v) is 2.94. The van der Waals surface area contributed by atoms with Crippen molar-refractivity contribution in [3.63, 3.8) is 0 Å². The van der Waals surface area contributed by atoms with Crippen molar-refractivity contribution < 1.29 is 4.74 Å². The molecule has 0 heterocycles. The van der Waals surface area contributed by atoms with E-state index >= 15 is 0 Å². The number of hydrogen-bond acceptors (Lipinski definition) is 2. The number of methoxy groups -OCH3 is 1. The Kier molecular flexibility index (Phi) is 4.65. The van der Waals surface area contributed by atoms with Crippen LogP contribution in [0.2, 0.25) is 0 Å². The summed E-state index contributed by atoms with van der Waals surface area (Å²) in [5.41, 5.74) is 1.34. The molecular formula is C16H25NO. The first-order chi connectivity index (χ1) is 8.72. The summed E-state index contributed by atoms with van der Waals surface area (Å²) >= 11 is 0. The topological polar surface area (TPSA) is 21.3 Å². The van der Waals surface area contributed by atoms with Gasteiger partial charge in [0.1, 0.15) is 5.75 Å². The summed E-state index contributed by atoms with van der Waals surface area (Å²) in [6, 6.07) is 9.52. The van der Waals surface area contributed by atoms with Crippen LogP contribution >= 0.6 is 0 Å². The van der Waals surface area contributed by atoms with Gasteiger partial charge in [-0.05, 0) is 49.8 Å². The lowest BCUT2D eigenvalue weighted by Gasteiger charge is -2.20. The molecule has 2 nitrogen and oxygen atoms in total. The van der Waals surface area contributed by atoms with Crippen LogP contribution in [-0.2, 0) is 0 Å². The first-order valence-corrected chi connectivity index (χ1v) is 7.13. The Morgan fingerprint density at radius 2 is 2.00 bits per heavy atom. The summed E-state index contributed by atoms with van der Waals surface area (Å²) in [6.45, 7) is 4.56. The number of ether oxygens (including phenoxy) is 1. The number of rotatable bonds is 5. The Morgan fingerprint density at radius 1 is 1.28 bits per heavy atom. The lowest BCUT2D eigenvalue weighted by molar-refractivity contribution is 0.413. The van der Waals surface area contributed by atoms with Gasteiger partial charge in [-0.3, -0.25) is 0 Å². The van der Waals surface area contributed by atoms with Crippen LogP contribution in [0.15, 0.2) is 24.3 Å². The third-order valence-electron chi connectivity index (χ3n) is 4.22. The van der Waals surface area contributed by atoms with Gasteiger partial charge in [-0.1, -0.05) is 25.5 Å². The van der Waals surface area contributed by atoms with Crippen LogP contribution in [0.3, 0.4) is 0 Å². The molecule has 3 atom stereocenters. The highest BCUT2D eigenvalue weighted by molar-refractivity contribution is 5.28. The quantitative estimate of drug-likeness (QED) is 0.851. The van der Waals surface area contributed by atoms with E-state index in [9.17, 15) is 0 Å². The van der Waals surface area contributed by atoms with E-state index in [-0.39, 0.29) is 0 Å². The van der Waals surface area contributed by atoms with Crippen LogP contribution in [-0.4, -0.2) is 13.2 Å². The molecule has 2 unspecified atom stereocenters.